The molecule has 3 N–H and O–H groups in total. The molecule has 224 valence electrons. The Morgan fingerprint density at radius 3 is 2.12 bits per heavy atom. The summed E-state index contributed by atoms with van der Waals surface area (Å²) in [6.07, 6.45) is 7.57. The molecule has 2 atom stereocenters. The third-order valence-electron chi connectivity index (χ3n) is 7.85. The Labute approximate surface area is 243 Å². The molecule has 41 heavy (non-hydrogen) atoms. The predicted octanol–water partition coefficient (Wildman–Crippen LogP) is 5.20. The second-order valence-electron chi connectivity index (χ2n) is 10.6. The number of unbranched alkanes of at least 4 members (excludes halogenated alkanes) is 2. The highest BCUT2D eigenvalue weighted by atomic mass is 16.5. The minimum atomic E-state index is -0.958. The zero-order valence-electron chi connectivity index (χ0n) is 24.8. The van der Waals surface area contributed by atoms with Gasteiger partial charge in [-0.15, -0.1) is 0 Å². The van der Waals surface area contributed by atoms with Crippen LogP contribution in [-0.4, -0.2) is 56.7 Å². The van der Waals surface area contributed by atoms with Gasteiger partial charge in [0, 0.05) is 13.0 Å². The van der Waals surface area contributed by atoms with E-state index in [0.717, 1.165) is 50.5 Å². The highest BCUT2D eigenvalue weighted by Crippen LogP contribution is 2.44. The first kappa shape index (κ1) is 31.8. The fourth-order valence-corrected chi connectivity index (χ4v) is 5.66. The minimum absolute atomic E-state index is 0.0387. The molecule has 1 aliphatic rings. The van der Waals surface area contributed by atoms with Crippen molar-refractivity contribution in [2.24, 2.45) is 11.7 Å². The second kappa shape index (κ2) is 15.9. The molecule has 0 aliphatic heterocycles. The summed E-state index contributed by atoms with van der Waals surface area (Å²) in [6.45, 7) is 2.30. The van der Waals surface area contributed by atoms with Crippen LogP contribution in [0.1, 0.15) is 75.3 Å². The van der Waals surface area contributed by atoms with Crippen molar-refractivity contribution in [3.05, 3.63) is 53.6 Å². The van der Waals surface area contributed by atoms with Crippen molar-refractivity contribution in [1.82, 2.24) is 10.2 Å². The number of rotatable bonds is 14. The van der Waals surface area contributed by atoms with Gasteiger partial charge in [-0.2, -0.15) is 0 Å². The van der Waals surface area contributed by atoms with Gasteiger partial charge in [-0.25, -0.2) is 4.79 Å². The summed E-state index contributed by atoms with van der Waals surface area (Å²) in [5, 5.41) is 2.77. The zero-order valence-corrected chi connectivity index (χ0v) is 24.8. The van der Waals surface area contributed by atoms with Crippen molar-refractivity contribution in [3.63, 3.8) is 0 Å². The number of carbonyl (C=O) groups excluding carboxylic acids is 3. The maximum absolute atomic E-state index is 14.5. The lowest BCUT2D eigenvalue weighted by Crippen LogP contribution is -2.54. The van der Waals surface area contributed by atoms with Gasteiger partial charge in [-0.3, -0.25) is 14.5 Å². The number of nitrogens with zero attached hydrogens (tertiary/aromatic N) is 1. The van der Waals surface area contributed by atoms with Crippen LogP contribution in [0.25, 0.3) is 0 Å². The van der Waals surface area contributed by atoms with Crippen molar-refractivity contribution >= 4 is 17.8 Å². The van der Waals surface area contributed by atoms with Crippen LogP contribution in [0.3, 0.4) is 0 Å². The molecule has 0 spiro atoms. The van der Waals surface area contributed by atoms with E-state index in [1.54, 1.807) is 14.2 Å². The lowest BCUT2D eigenvalue weighted by Gasteiger charge is -2.34. The topological polar surface area (TPSA) is 120 Å². The number of benzene rings is 2. The van der Waals surface area contributed by atoms with Gasteiger partial charge >= 0.3 is 6.03 Å². The van der Waals surface area contributed by atoms with Gasteiger partial charge in [0.2, 0.25) is 17.6 Å². The predicted molar refractivity (Wildman–Crippen MR) is 158 cm³/mol. The number of nitrogens with one attached hydrogen (secondary N) is 1. The number of nitrogens with two attached hydrogens (primary N) is 1. The molecule has 2 aromatic rings. The molecule has 9 heteroatoms. The van der Waals surface area contributed by atoms with Gasteiger partial charge in [0.25, 0.3) is 0 Å². The fourth-order valence-electron chi connectivity index (χ4n) is 5.66. The number of imide groups is 1. The molecule has 3 rings (SSSR count). The van der Waals surface area contributed by atoms with E-state index in [1.807, 2.05) is 42.5 Å². The Kier molecular flexibility index (Phi) is 12.3. The number of ether oxygens (including phenoxy) is 3. The monoisotopic (exact) mass is 567 g/mol. The summed E-state index contributed by atoms with van der Waals surface area (Å²) < 4.78 is 16.7. The van der Waals surface area contributed by atoms with Crippen molar-refractivity contribution in [3.8, 4) is 17.2 Å². The lowest BCUT2D eigenvalue weighted by molar-refractivity contribution is -0.132. The molecule has 2 aromatic carbocycles. The van der Waals surface area contributed by atoms with Crippen LogP contribution >= 0.6 is 0 Å². The summed E-state index contributed by atoms with van der Waals surface area (Å²) in [4.78, 5) is 41.9. The number of amides is 4. The summed E-state index contributed by atoms with van der Waals surface area (Å²) in [5.41, 5.74) is 7.26. The molecule has 0 radical (unpaired) electrons. The number of hydrogen-bond donors (Lipinski definition) is 2. The summed E-state index contributed by atoms with van der Waals surface area (Å²) in [6, 6.07) is 11.4. The lowest BCUT2D eigenvalue weighted by atomic mass is 9.76. The molecule has 0 bridgehead atoms. The third-order valence-corrected chi connectivity index (χ3v) is 7.85. The van der Waals surface area contributed by atoms with Gasteiger partial charge in [-0.05, 0) is 48.4 Å². The van der Waals surface area contributed by atoms with E-state index in [9.17, 15) is 14.4 Å². The molecule has 0 heterocycles. The zero-order chi connectivity index (χ0) is 29.8. The third kappa shape index (κ3) is 8.38. The first-order chi connectivity index (χ1) is 19.8. The molecule has 1 fully saturated rings. The first-order valence-corrected chi connectivity index (χ1v) is 14.6. The number of carbonyl (C=O) groups is 3. The Morgan fingerprint density at radius 2 is 1.59 bits per heavy atom. The van der Waals surface area contributed by atoms with Crippen LogP contribution in [0.15, 0.2) is 42.5 Å². The highest BCUT2D eigenvalue weighted by Gasteiger charge is 2.38. The number of methoxy groups -OCH3 is 3. The van der Waals surface area contributed by atoms with Crippen LogP contribution < -0.4 is 25.3 Å². The molecule has 1 aliphatic carbocycles. The average molecular weight is 568 g/mol. The molecule has 4 amide bonds. The molecule has 1 saturated carbocycles. The quantitative estimate of drug-likeness (QED) is 0.303. The SMILES string of the molecule is CCCCCN(C(=O)N[C@H](Cc1ccccc1)C(N)=O)C(=O)C(c1cc(OC)c(OC)c(OC)c1)C1CCCCC1. The maximum atomic E-state index is 14.5. The smallest absolute Gasteiger partial charge is 0.324 e. The standard InChI is InChI=1S/C32H45N3O6/c1-5-6-13-18-35(32(38)34-25(30(33)36)19-22-14-9-7-10-15-22)31(37)28(23-16-11-8-12-17-23)24-20-26(39-2)29(41-4)27(21-24)40-3/h7,9-10,14-15,20-21,23,25,28H,5-6,8,11-13,16-19H2,1-4H3,(H2,33,36)(H,34,38)/t25-,28?/m1/s1. The van der Waals surface area contributed by atoms with Crippen molar-refractivity contribution in [2.75, 3.05) is 27.9 Å². The molecular weight excluding hydrogens is 522 g/mol. The van der Waals surface area contributed by atoms with E-state index < -0.39 is 23.9 Å². The van der Waals surface area contributed by atoms with E-state index in [0.29, 0.717) is 29.2 Å². The Balaban J connectivity index is 2.00. The maximum Gasteiger partial charge on any atom is 0.324 e. The Hall–Kier alpha value is -3.75. The number of hydrogen-bond acceptors (Lipinski definition) is 6. The summed E-state index contributed by atoms with van der Waals surface area (Å²) in [5.74, 6) is -0.173. The fraction of sp³-hybridized carbons (Fsp3) is 0.531. The number of urea groups is 1. The van der Waals surface area contributed by atoms with Gasteiger partial charge in [0.05, 0.1) is 27.2 Å². The van der Waals surface area contributed by atoms with Crippen LogP contribution in [-0.2, 0) is 16.0 Å². The van der Waals surface area contributed by atoms with Crippen LogP contribution in [0.2, 0.25) is 0 Å². The molecule has 0 saturated heterocycles. The van der Waals surface area contributed by atoms with E-state index in [-0.39, 0.29) is 24.8 Å². The van der Waals surface area contributed by atoms with E-state index in [2.05, 4.69) is 12.2 Å². The van der Waals surface area contributed by atoms with E-state index in [4.69, 9.17) is 19.9 Å². The van der Waals surface area contributed by atoms with Crippen molar-refractivity contribution in [1.29, 1.82) is 0 Å². The normalized spacial score (nSPS) is 14.9. The minimum Gasteiger partial charge on any atom is -0.493 e. The van der Waals surface area contributed by atoms with E-state index >= 15 is 0 Å². The number of primary amides is 1. The molecule has 1 unspecified atom stereocenters. The largest absolute Gasteiger partial charge is 0.493 e. The van der Waals surface area contributed by atoms with Crippen LogP contribution in [0.5, 0.6) is 17.2 Å². The van der Waals surface area contributed by atoms with E-state index in [1.165, 1.54) is 12.0 Å². The van der Waals surface area contributed by atoms with Crippen LogP contribution in [0, 0.1) is 5.92 Å². The van der Waals surface area contributed by atoms with Crippen molar-refractivity contribution < 1.29 is 28.6 Å². The second-order valence-corrected chi connectivity index (χ2v) is 10.6. The Bertz CT molecular complexity index is 1120. The molecule has 9 nitrogen and oxygen atoms in total. The van der Waals surface area contributed by atoms with Gasteiger partial charge in [0.1, 0.15) is 6.04 Å². The summed E-state index contributed by atoms with van der Waals surface area (Å²) >= 11 is 0. The highest BCUT2D eigenvalue weighted by molar-refractivity contribution is 5.99. The molecule has 0 aromatic heterocycles. The average Bonchev–Trinajstić information content (AvgIpc) is 2.99. The van der Waals surface area contributed by atoms with Crippen LogP contribution in [0.4, 0.5) is 4.79 Å². The van der Waals surface area contributed by atoms with Gasteiger partial charge in [0.15, 0.2) is 11.5 Å². The Morgan fingerprint density at radius 1 is 0.951 bits per heavy atom. The van der Waals surface area contributed by atoms with Crippen molar-refractivity contribution in [2.45, 2.75) is 76.7 Å². The first-order valence-electron chi connectivity index (χ1n) is 14.6. The van der Waals surface area contributed by atoms with Gasteiger partial charge < -0.3 is 25.3 Å². The van der Waals surface area contributed by atoms with Gasteiger partial charge in [-0.1, -0.05) is 69.4 Å². The molecular formula is C32H45N3O6. The summed E-state index contributed by atoms with van der Waals surface area (Å²) in [7, 11) is 4.62.